The highest BCUT2D eigenvalue weighted by atomic mass is 35.5. The Morgan fingerprint density at radius 2 is 2.26 bits per heavy atom. The zero-order valence-corrected chi connectivity index (χ0v) is 12.5. The van der Waals surface area contributed by atoms with Crippen LogP contribution in [0.5, 0.6) is 5.75 Å². The lowest BCUT2D eigenvalue weighted by Gasteiger charge is -2.32. The van der Waals surface area contributed by atoms with E-state index in [4.69, 9.17) is 16.3 Å². The van der Waals surface area contributed by atoms with E-state index in [9.17, 15) is 0 Å². The Labute approximate surface area is 120 Å². The number of benzene rings is 1. The Morgan fingerprint density at radius 1 is 1.42 bits per heavy atom. The average molecular weight is 283 g/mol. The fourth-order valence-electron chi connectivity index (χ4n) is 2.67. The number of methoxy groups -OCH3 is 1. The molecule has 1 N–H and O–H groups in total. The zero-order chi connectivity index (χ0) is 13.7. The Balaban J connectivity index is 1.80. The van der Waals surface area contributed by atoms with Crippen molar-refractivity contribution >= 4 is 17.3 Å². The van der Waals surface area contributed by atoms with Crippen LogP contribution in [0.2, 0.25) is 5.02 Å². The summed E-state index contributed by atoms with van der Waals surface area (Å²) in [4.78, 5) is 2.48. The van der Waals surface area contributed by atoms with Crippen LogP contribution in [0.4, 0.5) is 5.69 Å². The minimum Gasteiger partial charge on any atom is -0.495 e. The monoisotopic (exact) mass is 282 g/mol. The molecule has 1 saturated heterocycles. The van der Waals surface area contributed by atoms with Gasteiger partial charge in [-0.15, -0.1) is 0 Å². The molecular weight excluding hydrogens is 260 g/mol. The lowest BCUT2D eigenvalue weighted by atomic mass is 10.0. The number of nitrogens with one attached hydrogen (secondary N) is 1. The largest absolute Gasteiger partial charge is 0.495 e. The summed E-state index contributed by atoms with van der Waals surface area (Å²) in [6, 6.07) is 6.55. The van der Waals surface area contributed by atoms with Crippen molar-refractivity contribution in [1.29, 1.82) is 0 Å². The second kappa shape index (κ2) is 7.01. The molecule has 1 heterocycles. The lowest BCUT2D eigenvalue weighted by molar-refractivity contribution is 0.179. The van der Waals surface area contributed by atoms with E-state index in [0.717, 1.165) is 24.0 Å². The highest BCUT2D eigenvalue weighted by Crippen LogP contribution is 2.27. The summed E-state index contributed by atoms with van der Waals surface area (Å²) in [5, 5.41) is 4.09. The van der Waals surface area contributed by atoms with Gasteiger partial charge in [0.1, 0.15) is 5.75 Å². The Hall–Kier alpha value is -0.930. The van der Waals surface area contributed by atoms with Crippen molar-refractivity contribution < 1.29 is 4.74 Å². The summed E-state index contributed by atoms with van der Waals surface area (Å²) in [6.07, 6.45) is 5.21. The van der Waals surface area contributed by atoms with E-state index in [-0.39, 0.29) is 0 Å². The third kappa shape index (κ3) is 4.02. The van der Waals surface area contributed by atoms with E-state index in [2.05, 4.69) is 17.3 Å². The molecule has 3 nitrogen and oxygen atoms in total. The number of rotatable bonds is 5. The molecule has 1 unspecified atom stereocenters. The molecule has 4 heteroatoms. The van der Waals surface area contributed by atoms with Crippen LogP contribution in [0, 0.1) is 0 Å². The van der Waals surface area contributed by atoms with Gasteiger partial charge in [-0.2, -0.15) is 0 Å². The molecule has 1 fully saturated rings. The first-order chi connectivity index (χ1) is 9.20. The number of hydrogen-bond acceptors (Lipinski definition) is 3. The number of anilines is 1. The third-order valence-corrected chi connectivity index (χ3v) is 4.18. The van der Waals surface area contributed by atoms with Crippen LogP contribution >= 0.6 is 11.6 Å². The molecular formula is C15H23ClN2O. The van der Waals surface area contributed by atoms with Crippen molar-refractivity contribution in [2.75, 3.05) is 32.6 Å². The SMILES string of the molecule is COc1ccc(NCCC2CCCCN2C)cc1Cl. The number of halogens is 1. The molecule has 19 heavy (non-hydrogen) atoms. The highest BCUT2D eigenvalue weighted by Gasteiger charge is 2.17. The first-order valence-corrected chi connectivity index (χ1v) is 7.36. The smallest absolute Gasteiger partial charge is 0.137 e. The number of likely N-dealkylation sites (tertiary alicyclic amines) is 1. The summed E-state index contributed by atoms with van der Waals surface area (Å²) in [5.41, 5.74) is 1.06. The van der Waals surface area contributed by atoms with E-state index < -0.39 is 0 Å². The van der Waals surface area contributed by atoms with Gasteiger partial charge in [0, 0.05) is 18.3 Å². The van der Waals surface area contributed by atoms with Gasteiger partial charge in [-0.25, -0.2) is 0 Å². The molecule has 106 valence electrons. The molecule has 0 bridgehead atoms. The van der Waals surface area contributed by atoms with E-state index >= 15 is 0 Å². The fraction of sp³-hybridized carbons (Fsp3) is 0.600. The molecule has 1 aliphatic heterocycles. The van der Waals surface area contributed by atoms with Gasteiger partial charge in [-0.3, -0.25) is 0 Å². The van der Waals surface area contributed by atoms with E-state index in [1.807, 2.05) is 18.2 Å². The standard InChI is InChI=1S/C15H23ClN2O/c1-18-10-4-3-5-13(18)8-9-17-12-6-7-15(19-2)14(16)11-12/h6-7,11,13,17H,3-5,8-10H2,1-2H3. The minimum atomic E-state index is 0.655. The predicted molar refractivity (Wildman–Crippen MR) is 81.4 cm³/mol. The molecule has 1 aliphatic rings. The lowest BCUT2D eigenvalue weighted by Crippen LogP contribution is -2.37. The van der Waals surface area contributed by atoms with Crippen molar-refractivity contribution in [2.45, 2.75) is 31.7 Å². The molecule has 0 radical (unpaired) electrons. The second-order valence-corrected chi connectivity index (χ2v) is 5.60. The maximum absolute atomic E-state index is 6.11. The van der Waals surface area contributed by atoms with Crippen molar-refractivity contribution in [3.05, 3.63) is 23.2 Å². The molecule has 0 spiro atoms. The van der Waals surface area contributed by atoms with Crippen LogP contribution in [-0.2, 0) is 0 Å². The van der Waals surface area contributed by atoms with Crippen LogP contribution in [0.3, 0.4) is 0 Å². The maximum Gasteiger partial charge on any atom is 0.137 e. The Bertz CT molecular complexity index is 411. The van der Waals surface area contributed by atoms with Gasteiger partial charge in [0.15, 0.2) is 0 Å². The topological polar surface area (TPSA) is 24.5 Å². The summed E-state index contributed by atoms with van der Waals surface area (Å²) < 4.78 is 5.15. The van der Waals surface area contributed by atoms with Crippen molar-refractivity contribution in [3.63, 3.8) is 0 Å². The summed E-state index contributed by atoms with van der Waals surface area (Å²) >= 11 is 6.11. The van der Waals surface area contributed by atoms with Gasteiger partial charge in [0.25, 0.3) is 0 Å². The molecule has 1 atom stereocenters. The van der Waals surface area contributed by atoms with Crippen LogP contribution < -0.4 is 10.1 Å². The fourth-order valence-corrected chi connectivity index (χ4v) is 2.93. The van der Waals surface area contributed by atoms with Gasteiger partial charge in [0.05, 0.1) is 12.1 Å². The Morgan fingerprint density at radius 3 is 2.95 bits per heavy atom. The van der Waals surface area contributed by atoms with Crippen molar-refractivity contribution in [2.24, 2.45) is 0 Å². The summed E-state index contributed by atoms with van der Waals surface area (Å²) in [6.45, 7) is 2.22. The van der Waals surface area contributed by atoms with Crippen LogP contribution in [0.15, 0.2) is 18.2 Å². The maximum atomic E-state index is 6.11. The van der Waals surface area contributed by atoms with E-state index in [0.29, 0.717) is 5.02 Å². The predicted octanol–water partition coefficient (Wildman–Crippen LogP) is 3.63. The quantitative estimate of drug-likeness (QED) is 0.892. The number of piperidine rings is 1. The van der Waals surface area contributed by atoms with Gasteiger partial charge in [-0.05, 0) is 51.1 Å². The first kappa shape index (κ1) is 14.5. The van der Waals surface area contributed by atoms with Crippen molar-refractivity contribution in [3.8, 4) is 5.75 Å². The van der Waals surface area contributed by atoms with Gasteiger partial charge >= 0.3 is 0 Å². The van der Waals surface area contributed by atoms with Crippen LogP contribution in [0.25, 0.3) is 0 Å². The molecule has 1 aromatic carbocycles. The van der Waals surface area contributed by atoms with Crippen LogP contribution in [-0.4, -0.2) is 38.2 Å². The third-order valence-electron chi connectivity index (χ3n) is 3.88. The summed E-state index contributed by atoms with van der Waals surface area (Å²) in [7, 11) is 3.86. The first-order valence-electron chi connectivity index (χ1n) is 6.98. The number of nitrogens with zero attached hydrogens (tertiary/aromatic N) is 1. The minimum absolute atomic E-state index is 0.655. The summed E-state index contributed by atoms with van der Waals surface area (Å²) in [5.74, 6) is 0.722. The highest BCUT2D eigenvalue weighted by molar-refractivity contribution is 6.32. The zero-order valence-electron chi connectivity index (χ0n) is 11.8. The number of ether oxygens (including phenoxy) is 1. The van der Waals surface area contributed by atoms with E-state index in [1.54, 1.807) is 7.11 Å². The molecule has 2 rings (SSSR count). The number of hydrogen-bond donors (Lipinski definition) is 1. The molecule has 0 amide bonds. The molecule has 0 saturated carbocycles. The second-order valence-electron chi connectivity index (χ2n) is 5.19. The van der Waals surface area contributed by atoms with E-state index in [1.165, 1.54) is 32.2 Å². The average Bonchev–Trinajstić information content (AvgIpc) is 2.41. The normalized spacial score (nSPS) is 20.3. The van der Waals surface area contributed by atoms with Gasteiger partial charge in [0.2, 0.25) is 0 Å². The van der Waals surface area contributed by atoms with Crippen LogP contribution in [0.1, 0.15) is 25.7 Å². The van der Waals surface area contributed by atoms with Crippen molar-refractivity contribution in [1.82, 2.24) is 4.90 Å². The molecule has 0 aliphatic carbocycles. The van der Waals surface area contributed by atoms with Gasteiger partial charge < -0.3 is 15.0 Å². The molecule has 0 aromatic heterocycles. The van der Waals surface area contributed by atoms with Gasteiger partial charge in [-0.1, -0.05) is 18.0 Å². The Kier molecular flexibility index (Phi) is 5.34. The molecule has 1 aromatic rings.